The first-order valence-corrected chi connectivity index (χ1v) is 10.8. The zero-order chi connectivity index (χ0) is 21.3. The van der Waals surface area contributed by atoms with Crippen molar-refractivity contribution < 1.29 is 38.1 Å². The van der Waals surface area contributed by atoms with Crippen LogP contribution in [0.4, 0.5) is 0 Å². The molecule has 4 aliphatic carbocycles. The molecular formula is C22H26O8. The van der Waals surface area contributed by atoms with Crippen LogP contribution in [0, 0.1) is 28.6 Å². The predicted molar refractivity (Wildman–Crippen MR) is 97.7 cm³/mol. The molecular weight excluding hydrogens is 392 g/mol. The maximum Gasteiger partial charge on any atom is 0.320 e. The van der Waals surface area contributed by atoms with E-state index in [0.717, 1.165) is 0 Å². The lowest BCUT2D eigenvalue weighted by Crippen LogP contribution is -2.52. The molecule has 4 bridgehead atoms. The molecule has 30 heavy (non-hydrogen) atoms. The molecule has 6 fully saturated rings. The number of carbonyl (C=O) groups excluding carboxylic acids is 4. The second-order valence-corrected chi connectivity index (χ2v) is 10.5. The zero-order valence-electron chi connectivity index (χ0n) is 17.4. The smallest absolute Gasteiger partial charge is 0.320 e. The van der Waals surface area contributed by atoms with Crippen LogP contribution in [0.25, 0.3) is 0 Å². The quantitative estimate of drug-likeness (QED) is 0.286. The number of hydrogen-bond donors (Lipinski definition) is 0. The fraction of sp³-hybridized carbons (Fsp3) is 0.818. The van der Waals surface area contributed by atoms with Gasteiger partial charge in [0.1, 0.15) is 22.2 Å². The van der Waals surface area contributed by atoms with E-state index in [1.165, 1.54) is 14.0 Å². The maximum atomic E-state index is 13.3. The summed E-state index contributed by atoms with van der Waals surface area (Å²) < 4.78 is 23.2. The van der Waals surface area contributed by atoms with Gasteiger partial charge in [-0.25, -0.2) is 0 Å². The third-order valence-corrected chi connectivity index (χ3v) is 9.60. The van der Waals surface area contributed by atoms with Crippen molar-refractivity contribution in [3.8, 4) is 0 Å². The molecule has 6 aliphatic rings. The molecule has 6 rings (SSSR count). The van der Waals surface area contributed by atoms with Crippen molar-refractivity contribution in [1.29, 1.82) is 0 Å². The number of carbonyl (C=O) groups is 4. The zero-order valence-corrected chi connectivity index (χ0v) is 17.4. The SMILES string of the molecule is COC(=O)[C@H]1C2[C@]3(C)C(=O)CC[C@@]2(OC3=O)C2CC[C@]3(OC(C)=O)C[C@@]21C[C@]31CO1. The lowest BCUT2D eigenvalue weighted by atomic mass is 9.59. The van der Waals surface area contributed by atoms with Crippen molar-refractivity contribution in [2.75, 3.05) is 13.7 Å². The topological polar surface area (TPSA) is 109 Å². The van der Waals surface area contributed by atoms with E-state index in [1.54, 1.807) is 6.92 Å². The average molecular weight is 418 g/mol. The third kappa shape index (κ3) is 1.70. The van der Waals surface area contributed by atoms with Gasteiger partial charge in [0, 0.05) is 25.2 Å². The Bertz CT molecular complexity index is 922. The second kappa shape index (κ2) is 5.09. The Morgan fingerprint density at radius 1 is 1.17 bits per heavy atom. The number of rotatable bonds is 2. The number of hydrogen-bond acceptors (Lipinski definition) is 8. The average Bonchev–Trinajstić information content (AvgIpc) is 3.34. The minimum absolute atomic E-state index is 0.0924. The normalized spacial score (nSPS) is 54.4. The number of esters is 3. The van der Waals surface area contributed by atoms with Crippen LogP contribution in [0.1, 0.15) is 52.4 Å². The third-order valence-electron chi connectivity index (χ3n) is 9.60. The molecule has 2 spiro atoms. The van der Waals surface area contributed by atoms with Crippen LogP contribution in [-0.4, -0.2) is 54.2 Å². The molecule has 2 saturated heterocycles. The van der Waals surface area contributed by atoms with Gasteiger partial charge < -0.3 is 18.9 Å². The lowest BCUT2D eigenvalue weighted by Gasteiger charge is -2.46. The molecule has 8 heteroatoms. The Morgan fingerprint density at radius 3 is 2.53 bits per heavy atom. The lowest BCUT2D eigenvalue weighted by molar-refractivity contribution is -0.174. The number of Topliss-reactive ketones (excluding diaryl/α,β-unsaturated/α-hetero) is 1. The van der Waals surface area contributed by atoms with Crippen LogP contribution in [0.5, 0.6) is 0 Å². The summed E-state index contributed by atoms with van der Waals surface area (Å²) in [6, 6.07) is 0. The summed E-state index contributed by atoms with van der Waals surface area (Å²) >= 11 is 0. The van der Waals surface area contributed by atoms with Gasteiger partial charge in [0.15, 0.2) is 5.78 Å². The highest BCUT2D eigenvalue weighted by molar-refractivity contribution is 6.07. The maximum absolute atomic E-state index is 13.3. The predicted octanol–water partition coefficient (Wildman–Crippen LogP) is 1.33. The highest BCUT2D eigenvalue weighted by Gasteiger charge is 2.89. The fourth-order valence-electron chi connectivity index (χ4n) is 8.68. The largest absolute Gasteiger partial charge is 0.469 e. The molecule has 0 radical (unpaired) electrons. The molecule has 0 aromatic heterocycles. The van der Waals surface area contributed by atoms with Crippen LogP contribution < -0.4 is 0 Å². The Labute approximate surface area is 173 Å². The van der Waals surface area contributed by atoms with Gasteiger partial charge in [0.05, 0.1) is 19.6 Å². The summed E-state index contributed by atoms with van der Waals surface area (Å²) in [5.74, 6) is -2.77. The first-order valence-electron chi connectivity index (χ1n) is 10.8. The summed E-state index contributed by atoms with van der Waals surface area (Å²) in [4.78, 5) is 51.3. The van der Waals surface area contributed by atoms with E-state index in [4.69, 9.17) is 18.9 Å². The molecule has 2 unspecified atom stereocenters. The molecule has 0 N–H and O–H groups in total. The second-order valence-electron chi connectivity index (χ2n) is 10.5. The monoisotopic (exact) mass is 418 g/mol. The number of epoxide rings is 1. The van der Waals surface area contributed by atoms with E-state index >= 15 is 0 Å². The van der Waals surface area contributed by atoms with E-state index in [1.807, 2.05) is 0 Å². The molecule has 0 aromatic rings. The van der Waals surface area contributed by atoms with Gasteiger partial charge in [-0.3, -0.25) is 19.2 Å². The van der Waals surface area contributed by atoms with E-state index < -0.39 is 51.4 Å². The van der Waals surface area contributed by atoms with Crippen molar-refractivity contribution >= 4 is 23.7 Å². The summed E-state index contributed by atoms with van der Waals surface area (Å²) in [7, 11) is 1.34. The van der Waals surface area contributed by atoms with Crippen LogP contribution in [0.3, 0.4) is 0 Å². The minimum atomic E-state index is -1.34. The highest BCUT2D eigenvalue weighted by atomic mass is 16.6. The van der Waals surface area contributed by atoms with E-state index in [-0.39, 0.29) is 24.1 Å². The number of fused-ring (bicyclic) bond motifs is 2. The van der Waals surface area contributed by atoms with Gasteiger partial charge in [-0.1, -0.05) is 0 Å². The van der Waals surface area contributed by atoms with Crippen molar-refractivity contribution in [3.63, 3.8) is 0 Å². The van der Waals surface area contributed by atoms with Crippen LogP contribution in [0.2, 0.25) is 0 Å². The van der Waals surface area contributed by atoms with Gasteiger partial charge in [-0.15, -0.1) is 0 Å². The van der Waals surface area contributed by atoms with Crippen LogP contribution in [0.15, 0.2) is 0 Å². The molecule has 8 nitrogen and oxygen atoms in total. The fourth-order valence-corrected chi connectivity index (χ4v) is 8.68. The number of ketones is 1. The number of ether oxygens (including phenoxy) is 4. The molecule has 0 amide bonds. The molecule has 2 aliphatic heterocycles. The minimum Gasteiger partial charge on any atom is -0.469 e. The van der Waals surface area contributed by atoms with Crippen molar-refractivity contribution in [2.45, 2.75) is 69.2 Å². The van der Waals surface area contributed by atoms with E-state index in [2.05, 4.69) is 0 Å². The Balaban J connectivity index is 1.56. The Morgan fingerprint density at radius 2 is 1.90 bits per heavy atom. The highest BCUT2D eigenvalue weighted by Crippen LogP contribution is 2.80. The summed E-state index contributed by atoms with van der Waals surface area (Å²) in [5, 5.41) is 0. The van der Waals surface area contributed by atoms with E-state index in [0.29, 0.717) is 38.7 Å². The summed E-state index contributed by atoms with van der Waals surface area (Å²) in [5.41, 5.74) is -4.15. The summed E-state index contributed by atoms with van der Waals surface area (Å²) in [6.07, 6.45) is 2.99. The molecule has 8 atom stereocenters. The van der Waals surface area contributed by atoms with Gasteiger partial charge in [-0.2, -0.15) is 0 Å². The molecule has 0 aromatic carbocycles. The molecule has 162 valence electrons. The molecule has 4 saturated carbocycles. The standard InChI is InChI=1S/C22H26O8/c1-11(23)29-20-6-4-12-19(8-20,9-21(20)10-28-21)14(16(25)27-3)15-18(2)13(24)5-7-22(12,15)30-17(18)26/h12,14-15H,4-10H2,1-3H3/t12?,14-,15?,18+,19-,20+,21+,22-/m1/s1. The molecule has 2 heterocycles. The van der Waals surface area contributed by atoms with Crippen molar-refractivity contribution in [1.82, 2.24) is 0 Å². The van der Waals surface area contributed by atoms with Crippen LogP contribution in [-0.2, 0) is 38.1 Å². The van der Waals surface area contributed by atoms with Gasteiger partial charge in [-0.05, 0) is 44.4 Å². The van der Waals surface area contributed by atoms with Crippen molar-refractivity contribution in [2.24, 2.45) is 28.6 Å². The van der Waals surface area contributed by atoms with Crippen LogP contribution >= 0.6 is 0 Å². The first-order chi connectivity index (χ1) is 14.1. The Kier molecular flexibility index (Phi) is 3.18. The van der Waals surface area contributed by atoms with E-state index in [9.17, 15) is 19.2 Å². The summed E-state index contributed by atoms with van der Waals surface area (Å²) in [6.45, 7) is 3.53. The van der Waals surface area contributed by atoms with Crippen molar-refractivity contribution in [3.05, 3.63) is 0 Å². The Hall–Kier alpha value is -1.96. The number of methoxy groups -OCH3 is 1. The van der Waals surface area contributed by atoms with Gasteiger partial charge in [0.2, 0.25) is 0 Å². The first kappa shape index (κ1) is 18.8. The van der Waals surface area contributed by atoms with Gasteiger partial charge >= 0.3 is 17.9 Å². The van der Waals surface area contributed by atoms with Gasteiger partial charge in [0.25, 0.3) is 0 Å².